The molecule has 3 aromatic heterocycles. The van der Waals surface area contributed by atoms with Crippen LogP contribution in [0.3, 0.4) is 0 Å². The summed E-state index contributed by atoms with van der Waals surface area (Å²) in [7, 11) is 0. The van der Waals surface area contributed by atoms with E-state index < -0.39 is 0 Å². The van der Waals surface area contributed by atoms with Crippen LogP contribution >= 0.6 is 0 Å². The Morgan fingerprint density at radius 2 is 2.05 bits per heavy atom. The minimum absolute atomic E-state index is 0.882. The summed E-state index contributed by atoms with van der Waals surface area (Å²) in [6.45, 7) is 6.00. The molecule has 0 aromatic carbocycles. The minimum Gasteiger partial charge on any atom is -0.354 e. The summed E-state index contributed by atoms with van der Waals surface area (Å²) in [5, 5.41) is 8.13. The standard InChI is InChI=1S/C16H18N6/c1-12-9-16(21-7-5-17-6-8-21)22-15(19-12)10-14(20-22)13-3-2-4-18-11-13/h2-4,9-11,17H,5-8H2,1H3. The molecule has 1 aliphatic rings. The Hall–Kier alpha value is -2.47. The lowest BCUT2D eigenvalue weighted by Gasteiger charge is -2.29. The smallest absolute Gasteiger partial charge is 0.158 e. The lowest BCUT2D eigenvalue weighted by atomic mass is 10.2. The predicted molar refractivity (Wildman–Crippen MR) is 86.0 cm³/mol. The van der Waals surface area contributed by atoms with Crippen LogP contribution in [0.1, 0.15) is 5.69 Å². The van der Waals surface area contributed by atoms with Crippen molar-refractivity contribution in [3.8, 4) is 11.3 Å². The molecule has 4 heterocycles. The molecule has 6 heteroatoms. The zero-order chi connectivity index (χ0) is 14.9. The Labute approximate surface area is 128 Å². The SMILES string of the molecule is Cc1cc(N2CCNCC2)n2nc(-c3cccnc3)cc2n1. The lowest BCUT2D eigenvalue weighted by molar-refractivity contribution is 0.579. The largest absolute Gasteiger partial charge is 0.354 e. The van der Waals surface area contributed by atoms with Gasteiger partial charge in [0.2, 0.25) is 0 Å². The van der Waals surface area contributed by atoms with Crippen LogP contribution in [0.15, 0.2) is 36.7 Å². The van der Waals surface area contributed by atoms with E-state index in [9.17, 15) is 0 Å². The summed E-state index contributed by atoms with van der Waals surface area (Å²) in [5.41, 5.74) is 3.81. The van der Waals surface area contributed by atoms with Gasteiger partial charge in [-0.1, -0.05) is 0 Å². The van der Waals surface area contributed by atoms with Gasteiger partial charge in [0.05, 0.1) is 5.69 Å². The van der Waals surface area contributed by atoms with Gasteiger partial charge >= 0.3 is 0 Å². The molecule has 3 aromatic rings. The second kappa shape index (κ2) is 5.38. The Morgan fingerprint density at radius 1 is 1.18 bits per heavy atom. The van der Waals surface area contributed by atoms with Gasteiger partial charge in [-0.3, -0.25) is 4.98 Å². The van der Waals surface area contributed by atoms with Gasteiger partial charge in [-0.15, -0.1) is 0 Å². The van der Waals surface area contributed by atoms with Gasteiger partial charge < -0.3 is 10.2 Å². The first-order valence-electron chi connectivity index (χ1n) is 7.55. The molecular weight excluding hydrogens is 276 g/mol. The highest BCUT2D eigenvalue weighted by molar-refractivity contribution is 5.65. The zero-order valence-electron chi connectivity index (χ0n) is 12.5. The van der Waals surface area contributed by atoms with Crippen LogP contribution in [0.25, 0.3) is 16.9 Å². The number of pyridine rings is 1. The number of rotatable bonds is 2. The molecule has 22 heavy (non-hydrogen) atoms. The summed E-state index contributed by atoms with van der Waals surface area (Å²) in [4.78, 5) is 11.1. The van der Waals surface area contributed by atoms with Crippen molar-refractivity contribution >= 4 is 11.5 Å². The first-order chi connectivity index (χ1) is 10.8. The minimum atomic E-state index is 0.882. The highest BCUT2D eigenvalue weighted by Crippen LogP contribution is 2.23. The number of nitrogens with zero attached hydrogens (tertiary/aromatic N) is 5. The van der Waals surface area contributed by atoms with E-state index in [0.717, 1.165) is 54.6 Å². The maximum absolute atomic E-state index is 4.75. The second-order valence-corrected chi connectivity index (χ2v) is 5.53. The fraction of sp³-hybridized carbons (Fsp3) is 0.312. The van der Waals surface area contributed by atoms with E-state index in [1.54, 1.807) is 6.20 Å². The van der Waals surface area contributed by atoms with E-state index in [4.69, 9.17) is 5.10 Å². The van der Waals surface area contributed by atoms with Crippen molar-refractivity contribution in [2.24, 2.45) is 0 Å². The van der Waals surface area contributed by atoms with Crippen LogP contribution in [-0.4, -0.2) is 45.8 Å². The van der Waals surface area contributed by atoms with Crippen molar-refractivity contribution in [1.82, 2.24) is 24.9 Å². The molecule has 4 rings (SSSR count). The molecule has 1 fully saturated rings. The molecule has 0 aliphatic carbocycles. The molecular formula is C16H18N6. The number of nitrogens with one attached hydrogen (secondary N) is 1. The number of hydrogen-bond acceptors (Lipinski definition) is 5. The number of aromatic nitrogens is 4. The number of hydrogen-bond donors (Lipinski definition) is 1. The van der Waals surface area contributed by atoms with Crippen molar-refractivity contribution in [3.63, 3.8) is 0 Å². The molecule has 0 spiro atoms. The third kappa shape index (κ3) is 2.31. The van der Waals surface area contributed by atoms with Crippen LogP contribution in [0.2, 0.25) is 0 Å². The topological polar surface area (TPSA) is 58.4 Å². The normalized spacial score (nSPS) is 15.4. The van der Waals surface area contributed by atoms with Gasteiger partial charge in [-0.25, -0.2) is 4.98 Å². The fourth-order valence-electron chi connectivity index (χ4n) is 2.85. The van der Waals surface area contributed by atoms with Gasteiger partial charge in [0.25, 0.3) is 0 Å². The van der Waals surface area contributed by atoms with Crippen molar-refractivity contribution in [1.29, 1.82) is 0 Å². The van der Waals surface area contributed by atoms with Gasteiger partial charge in [-0.2, -0.15) is 9.61 Å². The Morgan fingerprint density at radius 3 is 2.82 bits per heavy atom. The molecule has 0 atom stereocenters. The van der Waals surface area contributed by atoms with E-state index in [1.807, 2.05) is 35.8 Å². The van der Waals surface area contributed by atoms with Crippen LogP contribution in [-0.2, 0) is 0 Å². The monoisotopic (exact) mass is 294 g/mol. The number of anilines is 1. The van der Waals surface area contributed by atoms with E-state index in [2.05, 4.69) is 26.3 Å². The lowest BCUT2D eigenvalue weighted by Crippen LogP contribution is -2.44. The molecule has 0 radical (unpaired) electrons. The number of fused-ring (bicyclic) bond motifs is 1. The maximum atomic E-state index is 4.75. The Bertz CT molecular complexity index is 789. The van der Waals surface area contributed by atoms with Crippen LogP contribution in [0.4, 0.5) is 5.82 Å². The van der Waals surface area contributed by atoms with E-state index >= 15 is 0 Å². The van der Waals surface area contributed by atoms with Crippen LogP contribution in [0, 0.1) is 6.92 Å². The second-order valence-electron chi connectivity index (χ2n) is 5.53. The van der Waals surface area contributed by atoms with Crippen molar-refractivity contribution < 1.29 is 0 Å². The van der Waals surface area contributed by atoms with E-state index in [-0.39, 0.29) is 0 Å². The highest BCUT2D eigenvalue weighted by Gasteiger charge is 2.16. The molecule has 6 nitrogen and oxygen atoms in total. The van der Waals surface area contributed by atoms with Crippen LogP contribution in [0.5, 0.6) is 0 Å². The molecule has 1 N–H and O–H groups in total. The van der Waals surface area contributed by atoms with Crippen molar-refractivity contribution in [2.75, 3.05) is 31.1 Å². The molecule has 0 amide bonds. The third-order valence-corrected chi connectivity index (χ3v) is 3.93. The third-order valence-electron chi connectivity index (χ3n) is 3.93. The van der Waals surface area contributed by atoms with E-state index in [1.165, 1.54) is 0 Å². The van der Waals surface area contributed by atoms with Crippen molar-refractivity contribution in [3.05, 3.63) is 42.4 Å². The van der Waals surface area contributed by atoms with Crippen molar-refractivity contribution in [2.45, 2.75) is 6.92 Å². The van der Waals surface area contributed by atoms with Gasteiger partial charge in [-0.05, 0) is 19.1 Å². The maximum Gasteiger partial charge on any atom is 0.158 e. The van der Waals surface area contributed by atoms with Crippen LogP contribution < -0.4 is 10.2 Å². The first-order valence-corrected chi connectivity index (χ1v) is 7.55. The molecule has 0 bridgehead atoms. The molecule has 1 aliphatic heterocycles. The number of aryl methyl sites for hydroxylation is 1. The number of piperazine rings is 1. The van der Waals surface area contributed by atoms with E-state index in [0.29, 0.717) is 0 Å². The summed E-state index contributed by atoms with van der Waals surface area (Å²) in [6, 6.07) is 8.08. The summed E-state index contributed by atoms with van der Waals surface area (Å²) < 4.78 is 1.95. The van der Waals surface area contributed by atoms with Gasteiger partial charge in [0.1, 0.15) is 5.82 Å². The molecule has 1 saturated heterocycles. The summed E-state index contributed by atoms with van der Waals surface area (Å²) in [6.07, 6.45) is 3.60. The average Bonchev–Trinajstić information content (AvgIpc) is 2.99. The zero-order valence-corrected chi connectivity index (χ0v) is 12.5. The first kappa shape index (κ1) is 13.2. The molecule has 112 valence electrons. The summed E-state index contributed by atoms with van der Waals surface area (Å²) in [5.74, 6) is 1.11. The molecule has 0 unspecified atom stereocenters. The predicted octanol–water partition coefficient (Wildman–Crippen LogP) is 1.51. The molecule has 0 saturated carbocycles. The van der Waals surface area contributed by atoms with Gasteiger partial charge in [0.15, 0.2) is 5.65 Å². The fourth-order valence-corrected chi connectivity index (χ4v) is 2.85. The van der Waals surface area contributed by atoms with Gasteiger partial charge in [0, 0.05) is 62.0 Å². The Kier molecular flexibility index (Phi) is 3.23. The highest BCUT2D eigenvalue weighted by atomic mass is 15.4. The Balaban J connectivity index is 1.84. The summed E-state index contributed by atoms with van der Waals surface area (Å²) >= 11 is 0. The quantitative estimate of drug-likeness (QED) is 0.776. The average molecular weight is 294 g/mol.